The number of rotatable bonds is 7. The molecule has 3 aromatic rings. The largest absolute Gasteiger partial charge is 0.485 e. The van der Waals surface area contributed by atoms with E-state index >= 15 is 0 Å². The normalized spacial score (nSPS) is 15.2. The highest BCUT2D eigenvalue weighted by Crippen LogP contribution is 2.39. The maximum absolute atomic E-state index is 14.0. The number of pyridine rings is 3. The summed E-state index contributed by atoms with van der Waals surface area (Å²) >= 11 is 6.35. The van der Waals surface area contributed by atoms with Gasteiger partial charge in [0.05, 0.1) is 17.5 Å². The summed E-state index contributed by atoms with van der Waals surface area (Å²) in [5, 5.41) is 10.5. The second-order valence-electron chi connectivity index (χ2n) is 9.35. The fraction of sp³-hybridized carbons (Fsp3) is 0.286. The van der Waals surface area contributed by atoms with E-state index in [9.17, 15) is 23.5 Å². The Morgan fingerprint density at radius 2 is 2.03 bits per heavy atom. The zero-order chi connectivity index (χ0) is 28.5. The first-order valence-corrected chi connectivity index (χ1v) is 12.5. The van der Waals surface area contributed by atoms with Gasteiger partial charge in [0.15, 0.2) is 5.82 Å². The molecule has 8 nitrogen and oxygen atoms in total. The molecule has 1 fully saturated rings. The lowest BCUT2D eigenvalue weighted by Gasteiger charge is -2.36. The average molecular weight is 557 g/mol. The molecule has 0 radical (unpaired) electrons. The molecule has 4 rings (SSSR count). The van der Waals surface area contributed by atoms with Crippen LogP contribution in [0.4, 0.5) is 8.78 Å². The number of aliphatic hydroxyl groups is 1. The van der Waals surface area contributed by atoms with Crippen molar-refractivity contribution < 1.29 is 18.6 Å². The van der Waals surface area contributed by atoms with Crippen LogP contribution in [0.5, 0.6) is 5.75 Å². The number of aryl methyl sites for hydroxylation is 1. The topological polar surface area (TPSA) is 98.7 Å². The zero-order valence-electron chi connectivity index (χ0n) is 21.7. The highest BCUT2D eigenvalue weighted by molar-refractivity contribution is 6.31. The van der Waals surface area contributed by atoms with Gasteiger partial charge < -0.3 is 9.84 Å². The van der Waals surface area contributed by atoms with Crippen molar-refractivity contribution in [2.45, 2.75) is 45.3 Å². The Bertz CT molecular complexity index is 1640. The lowest BCUT2D eigenvalue weighted by Crippen LogP contribution is -2.41. The Balaban J connectivity index is 1.73. The van der Waals surface area contributed by atoms with Crippen LogP contribution in [0.1, 0.15) is 43.1 Å². The molecule has 39 heavy (non-hydrogen) atoms. The van der Waals surface area contributed by atoms with Gasteiger partial charge in [0.1, 0.15) is 34.7 Å². The van der Waals surface area contributed by atoms with Crippen molar-refractivity contribution >= 4 is 23.1 Å². The van der Waals surface area contributed by atoms with Gasteiger partial charge in [0.25, 0.3) is 11.1 Å². The van der Waals surface area contributed by atoms with Crippen molar-refractivity contribution in [2.24, 2.45) is 4.99 Å². The number of hydrogen-bond donors (Lipinski definition) is 1. The van der Waals surface area contributed by atoms with E-state index in [1.165, 1.54) is 34.5 Å². The fourth-order valence-electron chi connectivity index (χ4n) is 4.33. The van der Waals surface area contributed by atoms with Gasteiger partial charge in [-0.15, -0.1) is 0 Å². The van der Waals surface area contributed by atoms with Crippen molar-refractivity contribution in [3.8, 4) is 5.75 Å². The van der Waals surface area contributed by atoms with Gasteiger partial charge in [-0.05, 0) is 50.8 Å². The van der Waals surface area contributed by atoms with Crippen LogP contribution in [0.15, 0.2) is 69.5 Å². The van der Waals surface area contributed by atoms with Crippen LogP contribution >= 0.6 is 11.6 Å². The van der Waals surface area contributed by atoms with Gasteiger partial charge in [-0.1, -0.05) is 18.2 Å². The van der Waals surface area contributed by atoms with E-state index in [1.807, 2.05) is 0 Å². The monoisotopic (exact) mass is 556 g/mol. The first-order valence-electron chi connectivity index (χ1n) is 12.1. The summed E-state index contributed by atoms with van der Waals surface area (Å²) in [6, 6.07) is 5.44. The van der Waals surface area contributed by atoms with Gasteiger partial charge in [-0.3, -0.25) is 28.7 Å². The quantitative estimate of drug-likeness (QED) is 0.261. The van der Waals surface area contributed by atoms with E-state index < -0.39 is 28.4 Å². The number of halogens is 3. The molecule has 11 heteroatoms. The first-order chi connectivity index (χ1) is 18.5. The Morgan fingerprint density at radius 1 is 1.31 bits per heavy atom. The molecule has 0 saturated heterocycles. The van der Waals surface area contributed by atoms with Crippen LogP contribution < -0.4 is 15.9 Å². The van der Waals surface area contributed by atoms with Gasteiger partial charge in [0, 0.05) is 42.7 Å². The van der Waals surface area contributed by atoms with E-state index in [0.29, 0.717) is 35.9 Å². The first kappa shape index (κ1) is 28.1. The number of nitrogens with zero attached hydrogens (tertiary/aromatic N) is 4. The summed E-state index contributed by atoms with van der Waals surface area (Å²) in [7, 11) is 1.50. The molecule has 1 aliphatic rings. The molecular formula is C28H27ClF2N4O4. The molecular weight excluding hydrogens is 530 g/mol. The minimum absolute atomic E-state index is 0.0101. The number of aromatic nitrogens is 3. The molecule has 3 aromatic heterocycles. The standard InChI is InChI=1S/C28H27ClF2N4O4/c1-16(2)22(13-24(32-4)34-10-5-7-19(26(34)36)28(38)8-6-9-28)35-17(3)11-23(25(29)27(35)37)39-15-21-20(31)12-18(30)14-33-21/h5,7,10-14,38H,1,6,8-9,15H2,2-4H3/b22-13+,32-24+. The highest BCUT2D eigenvalue weighted by Gasteiger charge is 2.38. The van der Waals surface area contributed by atoms with Crippen LogP contribution in [0.2, 0.25) is 5.02 Å². The van der Waals surface area contributed by atoms with Crippen LogP contribution in [-0.2, 0) is 12.2 Å². The number of allylic oxidation sites excluding steroid dienone is 3. The summed E-state index contributed by atoms with van der Waals surface area (Å²) in [5.41, 5.74) is -0.890. The molecule has 1 aliphatic carbocycles. The number of ether oxygens (including phenoxy) is 1. The van der Waals surface area contributed by atoms with Crippen molar-refractivity contribution in [2.75, 3.05) is 7.05 Å². The molecule has 0 amide bonds. The summed E-state index contributed by atoms with van der Waals surface area (Å²) in [4.78, 5) is 34.6. The Morgan fingerprint density at radius 3 is 2.62 bits per heavy atom. The highest BCUT2D eigenvalue weighted by atomic mass is 35.5. The minimum atomic E-state index is -1.16. The van der Waals surface area contributed by atoms with Gasteiger partial charge >= 0.3 is 0 Å². The van der Waals surface area contributed by atoms with Gasteiger partial charge in [-0.25, -0.2) is 8.78 Å². The fourth-order valence-corrected chi connectivity index (χ4v) is 4.53. The number of aliphatic imine (C=N–C) groups is 1. The molecule has 3 heterocycles. The van der Waals surface area contributed by atoms with Crippen molar-refractivity contribution in [1.82, 2.24) is 14.1 Å². The molecule has 0 unspecified atom stereocenters. The summed E-state index contributed by atoms with van der Waals surface area (Å²) in [5.74, 6) is -1.51. The van der Waals surface area contributed by atoms with E-state index in [1.54, 1.807) is 26.0 Å². The molecule has 0 spiro atoms. The van der Waals surface area contributed by atoms with Crippen molar-refractivity contribution in [3.63, 3.8) is 0 Å². The second kappa shape index (κ2) is 11.1. The van der Waals surface area contributed by atoms with Gasteiger partial charge in [0.2, 0.25) is 0 Å². The lowest BCUT2D eigenvalue weighted by atomic mass is 9.75. The summed E-state index contributed by atoms with van der Waals surface area (Å²) < 4.78 is 35.3. The summed E-state index contributed by atoms with van der Waals surface area (Å²) in [6.07, 6.45) is 5.76. The van der Waals surface area contributed by atoms with E-state index in [0.717, 1.165) is 12.6 Å². The average Bonchev–Trinajstić information content (AvgIpc) is 2.87. The van der Waals surface area contributed by atoms with Crippen LogP contribution in [-0.4, -0.2) is 32.1 Å². The molecule has 1 saturated carbocycles. The third-order valence-electron chi connectivity index (χ3n) is 6.60. The molecule has 0 aromatic carbocycles. The lowest BCUT2D eigenvalue weighted by molar-refractivity contribution is -0.0401. The predicted octanol–water partition coefficient (Wildman–Crippen LogP) is 4.59. The van der Waals surface area contributed by atoms with E-state index in [-0.39, 0.29) is 34.5 Å². The minimum Gasteiger partial charge on any atom is -0.485 e. The molecule has 0 aliphatic heterocycles. The Kier molecular flexibility index (Phi) is 7.99. The molecule has 0 bridgehead atoms. The van der Waals surface area contributed by atoms with Crippen molar-refractivity contribution in [3.05, 3.63) is 109 Å². The van der Waals surface area contributed by atoms with Crippen LogP contribution in [0.25, 0.3) is 5.70 Å². The van der Waals surface area contributed by atoms with Crippen LogP contribution in [0, 0.1) is 18.6 Å². The Labute approximate surface area is 228 Å². The molecule has 0 atom stereocenters. The second-order valence-corrected chi connectivity index (χ2v) is 9.73. The van der Waals surface area contributed by atoms with Crippen LogP contribution in [0.3, 0.4) is 0 Å². The van der Waals surface area contributed by atoms with E-state index in [2.05, 4.69) is 16.6 Å². The number of hydrogen-bond acceptors (Lipinski definition) is 6. The zero-order valence-corrected chi connectivity index (χ0v) is 22.4. The maximum atomic E-state index is 14.0. The molecule has 1 N–H and O–H groups in total. The predicted molar refractivity (Wildman–Crippen MR) is 145 cm³/mol. The Hall–Kier alpha value is -3.89. The van der Waals surface area contributed by atoms with E-state index in [4.69, 9.17) is 16.3 Å². The third kappa shape index (κ3) is 5.48. The summed E-state index contributed by atoms with van der Waals surface area (Å²) in [6.45, 7) is 6.92. The maximum Gasteiger partial charge on any atom is 0.277 e. The molecule has 204 valence electrons. The third-order valence-corrected chi connectivity index (χ3v) is 6.95. The SMILES string of the molecule is C=C(C)/C(=C\C(=N/C)n1cccc(C2(O)CCC2)c1=O)n1c(C)cc(OCc2ncc(F)cc2F)c(Cl)c1=O. The van der Waals surface area contributed by atoms with Crippen molar-refractivity contribution in [1.29, 1.82) is 0 Å². The smallest absolute Gasteiger partial charge is 0.277 e. The van der Waals surface area contributed by atoms with Gasteiger partial charge in [-0.2, -0.15) is 0 Å².